The third-order valence-corrected chi connectivity index (χ3v) is 3.41. The second-order valence-electron chi connectivity index (χ2n) is 4.42. The van der Waals surface area contributed by atoms with Crippen molar-refractivity contribution < 1.29 is 9.90 Å². The zero-order valence-corrected chi connectivity index (χ0v) is 8.97. The van der Waals surface area contributed by atoms with Crippen molar-refractivity contribution in [3.8, 4) is 0 Å². The number of fused-ring (bicyclic) bond motifs is 1. The molecule has 1 aliphatic rings. The summed E-state index contributed by atoms with van der Waals surface area (Å²) >= 11 is 0. The van der Waals surface area contributed by atoms with Crippen LogP contribution in [-0.4, -0.2) is 20.6 Å². The minimum atomic E-state index is -0.719. The molecule has 1 aliphatic carbocycles. The maximum Gasteiger partial charge on any atom is 0.314 e. The summed E-state index contributed by atoms with van der Waals surface area (Å²) in [6.07, 6.45) is 5.10. The number of carbonyl (C=O) groups is 1. The number of nitrogens with zero attached hydrogens (tertiary/aromatic N) is 2. The van der Waals surface area contributed by atoms with Gasteiger partial charge in [-0.3, -0.25) is 4.79 Å². The van der Waals surface area contributed by atoms with Gasteiger partial charge in [0.1, 0.15) is 5.65 Å². The molecule has 0 spiro atoms. The van der Waals surface area contributed by atoms with Gasteiger partial charge in [-0.2, -0.15) is 0 Å². The number of aryl methyl sites for hydroxylation is 1. The van der Waals surface area contributed by atoms with E-state index in [0.717, 1.165) is 29.4 Å². The van der Waals surface area contributed by atoms with Gasteiger partial charge >= 0.3 is 5.97 Å². The molecule has 0 radical (unpaired) electrons. The highest BCUT2D eigenvalue weighted by molar-refractivity contribution is 5.93. The molecule has 0 unspecified atom stereocenters. The lowest BCUT2D eigenvalue weighted by molar-refractivity contribution is -0.140. The summed E-state index contributed by atoms with van der Waals surface area (Å²) in [7, 11) is 1.90. The maximum atomic E-state index is 11.3. The average molecular weight is 216 g/mol. The van der Waals surface area contributed by atoms with Crippen LogP contribution in [0.4, 0.5) is 0 Å². The second kappa shape index (κ2) is 2.84. The van der Waals surface area contributed by atoms with E-state index in [2.05, 4.69) is 4.98 Å². The number of carboxylic acid groups (broad SMARTS) is 1. The first-order chi connectivity index (χ1) is 7.65. The quantitative estimate of drug-likeness (QED) is 0.831. The third-order valence-electron chi connectivity index (χ3n) is 3.41. The molecule has 0 amide bonds. The summed E-state index contributed by atoms with van der Waals surface area (Å²) in [5.41, 5.74) is 1.11. The van der Waals surface area contributed by atoms with Crippen LogP contribution in [0.3, 0.4) is 0 Å². The summed E-state index contributed by atoms with van der Waals surface area (Å²) < 4.78 is 1.90. The number of hydrogen-bond acceptors (Lipinski definition) is 2. The van der Waals surface area contributed by atoms with E-state index in [1.807, 2.05) is 29.9 Å². The Morgan fingerprint density at radius 3 is 2.94 bits per heavy atom. The van der Waals surface area contributed by atoms with Gasteiger partial charge in [0.25, 0.3) is 0 Å². The molecule has 3 rings (SSSR count). The predicted molar refractivity (Wildman–Crippen MR) is 59.3 cm³/mol. The fourth-order valence-electron chi connectivity index (χ4n) is 2.32. The summed E-state index contributed by atoms with van der Waals surface area (Å²) in [5.74, 6) is -0.719. The molecule has 2 aromatic heterocycles. The fourth-order valence-corrected chi connectivity index (χ4v) is 2.32. The minimum Gasteiger partial charge on any atom is -0.481 e. The van der Waals surface area contributed by atoms with Gasteiger partial charge in [0.15, 0.2) is 0 Å². The van der Waals surface area contributed by atoms with Crippen molar-refractivity contribution in [2.45, 2.75) is 18.3 Å². The van der Waals surface area contributed by atoms with Gasteiger partial charge in [0.2, 0.25) is 0 Å². The van der Waals surface area contributed by atoms with E-state index in [1.54, 1.807) is 6.20 Å². The molecule has 1 N–H and O–H groups in total. The van der Waals surface area contributed by atoms with Crippen LogP contribution < -0.4 is 0 Å². The molecule has 4 heteroatoms. The van der Waals surface area contributed by atoms with E-state index < -0.39 is 11.4 Å². The van der Waals surface area contributed by atoms with Crippen molar-refractivity contribution in [2.24, 2.45) is 7.05 Å². The first-order valence-corrected chi connectivity index (χ1v) is 5.29. The van der Waals surface area contributed by atoms with E-state index in [0.29, 0.717) is 0 Å². The highest BCUT2D eigenvalue weighted by atomic mass is 16.4. The number of hydrogen-bond donors (Lipinski definition) is 1. The van der Waals surface area contributed by atoms with Crippen molar-refractivity contribution in [1.82, 2.24) is 9.55 Å². The van der Waals surface area contributed by atoms with Crippen LogP contribution in [-0.2, 0) is 17.3 Å². The van der Waals surface area contributed by atoms with Crippen LogP contribution in [0.2, 0.25) is 0 Å². The lowest BCUT2D eigenvalue weighted by Gasteiger charge is -2.07. The smallest absolute Gasteiger partial charge is 0.314 e. The van der Waals surface area contributed by atoms with Crippen LogP contribution in [0.5, 0.6) is 0 Å². The Balaban J connectivity index is 2.29. The van der Waals surface area contributed by atoms with Gasteiger partial charge in [-0.1, -0.05) is 0 Å². The van der Waals surface area contributed by atoms with E-state index in [1.165, 1.54) is 0 Å². The Morgan fingerprint density at radius 1 is 1.56 bits per heavy atom. The Bertz CT molecular complexity index is 582. The zero-order valence-electron chi connectivity index (χ0n) is 8.97. The van der Waals surface area contributed by atoms with Crippen LogP contribution in [0.25, 0.3) is 11.0 Å². The summed E-state index contributed by atoms with van der Waals surface area (Å²) in [6, 6.07) is 3.80. The predicted octanol–water partition coefficient (Wildman–Crippen LogP) is 1.69. The molecular weight excluding hydrogens is 204 g/mol. The topological polar surface area (TPSA) is 55.1 Å². The number of aliphatic carboxylic acids is 1. The van der Waals surface area contributed by atoms with E-state index in [-0.39, 0.29) is 0 Å². The first-order valence-electron chi connectivity index (χ1n) is 5.29. The molecule has 2 heterocycles. The molecule has 2 aromatic rings. The third kappa shape index (κ3) is 1.04. The maximum absolute atomic E-state index is 11.3. The molecule has 16 heavy (non-hydrogen) atoms. The number of pyridine rings is 1. The lowest BCUT2D eigenvalue weighted by Crippen LogP contribution is -2.19. The number of rotatable bonds is 2. The lowest BCUT2D eigenvalue weighted by atomic mass is 9.96. The minimum absolute atomic E-state index is 0.650. The van der Waals surface area contributed by atoms with Gasteiger partial charge < -0.3 is 9.67 Å². The van der Waals surface area contributed by atoms with Crippen molar-refractivity contribution in [3.63, 3.8) is 0 Å². The number of aromatic nitrogens is 2. The Kier molecular flexibility index (Phi) is 1.67. The molecular formula is C12H12N2O2. The molecule has 0 saturated heterocycles. The van der Waals surface area contributed by atoms with Crippen molar-refractivity contribution in [1.29, 1.82) is 0 Å². The van der Waals surface area contributed by atoms with Gasteiger partial charge in [-0.15, -0.1) is 0 Å². The van der Waals surface area contributed by atoms with E-state index in [4.69, 9.17) is 0 Å². The van der Waals surface area contributed by atoms with Gasteiger partial charge in [0.05, 0.1) is 5.41 Å². The van der Waals surface area contributed by atoms with Crippen LogP contribution in [0.1, 0.15) is 18.4 Å². The molecule has 4 nitrogen and oxygen atoms in total. The van der Waals surface area contributed by atoms with E-state index >= 15 is 0 Å². The van der Waals surface area contributed by atoms with Crippen LogP contribution >= 0.6 is 0 Å². The van der Waals surface area contributed by atoms with E-state index in [9.17, 15) is 9.90 Å². The molecule has 0 atom stereocenters. The van der Waals surface area contributed by atoms with Crippen LogP contribution in [0.15, 0.2) is 24.5 Å². The Hall–Kier alpha value is -1.84. The Morgan fingerprint density at radius 2 is 2.31 bits per heavy atom. The summed E-state index contributed by atoms with van der Waals surface area (Å²) in [5, 5.41) is 10.3. The fraction of sp³-hybridized carbons (Fsp3) is 0.333. The van der Waals surface area contributed by atoms with Crippen molar-refractivity contribution in [2.75, 3.05) is 0 Å². The first kappa shape index (κ1) is 9.39. The van der Waals surface area contributed by atoms with Gasteiger partial charge in [0, 0.05) is 24.8 Å². The SMILES string of the molecule is Cn1cc(C2(C(=O)O)CC2)c2cccnc21. The normalized spacial score (nSPS) is 17.6. The molecule has 0 aliphatic heterocycles. The average Bonchev–Trinajstić information content (AvgIpc) is 3.01. The monoisotopic (exact) mass is 216 g/mol. The Labute approximate surface area is 92.5 Å². The molecule has 1 saturated carbocycles. The highest BCUT2D eigenvalue weighted by Crippen LogP contribution is 2.50. The van der Waals surface area contributed by atoms with Gasteiger partial charge in [-0.25, -0.2) is 4.98 Å². The van der Waals surface area contributed by atoms with Crippen molar-refractivity contribution >= 4 is 17.0 Å². The second-order valence-corrected chi connectivity index (χ2v) is 4.42. The standard InChI is InChI=1S/C12H12N2O2/c1-14-7-9(12(4-5-12)11(15)16)8-3-2-6-13-10(8)14/h2-3,6-7H,4-5H2,1H3,(H,15,16). The summed E-state index contributed by atoms with van der Waals surface area (Å²) in [6.45, 7) is 0. The summed E-state index contributed by atoms with van der Waals surface area (Å²) in [4.78, 5) is 15.6. The largest absolute Gasteiger partial charge is 0.481 e. The van der Waals surface area contributed by atoms with Crippen LogP contribution in [0, 0.1) is 0 Å². The molecule has 0 bridgehead atoms. The zero-order chi connectivity index (χ0) is 11.3. The molecule has 0 aromatic carbocycles. The number of carboxylic acids is 1. The molecule has 82 valence electrons. The van der Waals surface area contributed by atoms with Gasteiger partial charge in [-0.05, 0) is 30.5 Å². The van der Waals surface area contributed by atoms with Crippen molar-refractivity contribution in [3.05, 3.63) is 30.1 Å². The molecule has 1 fully saturated rings. The highest BCUT2D eigenvalue weighted by Gasteiger charge is 2.53.